The Labute approximate surface area is 175 Å². The van der Waals surface area contributed by atoms with E-state index in [4.69, 9.17) is 17.3 Å². The Hall–Kier alpha value is -1.78. The summed E-state index contributed by atoms with van der Waals surface area (Å²) in [5.74, 6) is -0.667. The lowest BCUT2D eigenvalue weighted by molar-refractivity contribution is -0.274. The van der Waals surface area contributed by atoms with Crippen molar-refractivity contribution in [3.05, 3.63) is 40.2 Å². The van der Waals surface area contributed by atoms with Gasteiger partial charge in [-0.2, -0.15) is 0 Å². The Balaban J connectivity index is 2.04. The van der Waals surface area contributed by atoms with Gasteiger partial charge in [-0.25, -0.2) is 8.42 Å². The van der Waals surface area contributed by atoms with Gasteiger partial charge in [0.2, 0.25) is 0 Å². The van der Waals surface area contributed by atoms with E-state index in [0.29, 0.717) is 15.3 Å². The first kappa shape index (κ1) is 21.9. The lowest BCUT2D eigenvalue weighted by Crippen LogP contribution is -2.54. The van der Waals surface area contributed by atoms with Crippen LogP contribution in [-0.2, 0) is 15.4 Å². The average molecular weight is 467 g/mol. The van der Waals surface area contributed by atoms with E-state index < -0.39 is 26.5 Å². The Morgan fingerprint density at radius 2 is 1.90 bits per heavy atom. The van der Waals surface area contributed by atoms with Crippen molar-refractivity contribution in [3.63, 3.8) is 0 Å². The number of rotatable bonds is 3. The molecule has 0 aliphatic carbocycles. The van der Waals surface area contributed by atoms with Crippen LogP contribution >= 0.6 is 22.9 Å². The molecule has 29 heavy (non-hydrogen) atoms. The second-order valence-electron chi connectivity index (χ2n) is 7.40. The summed E-state index contributed by atoms with van der Waals surface area (Å²) < 4.78 is 65.6. The second kappa shape index (κ2) is 6.88. The van der Waals surface area contributed by atoms with Crippen LogP contribution in [0.5, 0.6) is 5.75 Å². The Morgan fingerprint density at radius 3 is 2.48 bits per heavy atom. The van der Waals surface area contributed by atoms with Gasteiger partial charge in [0.25, 0.3) is 0 Å². The molecule has 0 fully saturated rings. The maximum atomic E-state index is 12.7. The van der Waals surface area contributed by atoms with E-state index in [0.717, 1.165) is 11.3 Å². The van der Waals surface area contributed by atoms with Crippen LogP contribution in [0.15, 0.2) is 35.3 Å². The van der Waals surface area contributed by atoms with Crippen molar-refractivity contribution in [2.24, 2.45) is 10.7 Å². The highest BCUT2D eigenvalue weighted by Crippen LogP contribution is 2.46. The number of nitrogens with zero attached hydrogens (tertiary/aromatic N) is 1. The monoisotopic (exact) mass is 466 g/mol. The molecule has 5 nitrogen and oxygen atoms in total. The molecule has 0 saturated carbocycles. The van der Waals surface area contributed by atoms with Crippen molar-refractivity contribution < 1.29 is 26.3 Å². The van der Waals surface area contributed by atoms with E-state index in [1.54, 1.807) is 19.1 Å². The molecule has 158 valence electrons. The van der Waals surface area contributed by atoms with Crippen LogP contribution in [0.25, 0.3) is 10.4 Å². The molecule has 0 unspecified atom stereocenters. The molecule has 2 N–H and O–H groups in total. The van der Waals surface area contributed by atoms with Crippen LogP contribution in [0.1, 0.15) is 25.6 Å². The Kier molecular flexibility index (Phi) is 5.20. The lowest BCUT2D eigenvalue weighted by Gasteiger charge is -2.37. The van der Waals surface area contributed by atoms with Gasteiger partial charge < -0.3 is 10.5 Å². The van der Waals surface area contributed by atoms with Crippen LogP contribution in [0.2, 0.25) is 5.02 Å². The van der Waals surface area contributed by atoms with Crippen molar-refractivity contribution >= 4 is 38.6 Å². The molecule has 2 heterocycles. The van der Waals surface area contributed by atoms with Gasteiger partial charge in [0.05, 0.1) is 15.7 Å². The largest absolute Gasteiger partial charge is 0.573 e. The zero-order valence-corrected chi connectivity index (χ0v) is 18.1. The minimum absolute atomic E-state index is 0.0159. The van der Waals surface area contributed by atoms with Crippen molar-refractivity contribution in [2.45, 2.75) is 37.4 Å². The number of ether oxygens (including phenoxy) is 1. The molecule has 0 amide bonds. The Morgan fingerprint density at radius 1 is 1.24 bits per heavy atom. The van der Waals surface area contributed by atoms with E-state index in [1.807, 2.05) is 0 Å². The first-order chi connectivity index (χ1) is 13.1. The van der Waals surface area contributed by atoms with Crippen LogP contribution in [0.4, 0.5) is 13.2 Å². The number of nitrogens with two attached hydrogens (primary N) is 1. The Bertz CT molecular complexity index is 1090. The molecule has 1 aromatic carbocycles. The van der Waals surface area contributed by atoms with Crippen molar-refractivity contribution in [1.82, 2.24) is 0 Å². The molecular weight excluding hydrogens is 449 g/mol. The minimum atomic E-state index is -4.81. The molecule has 3 rings (SSSR count). The zero-order chi connectivity index (χ0) is 21.8. The number of thiophene rings is 1. The zero-order valence-electron chi connectivity index (χ0n) is 15.7. The smallest absolute Gasteiger partial charge is 0.406 e. The van der Waals surface area contributed by atoms with Crippen LogP contribution in [-0.4, -0.2) is 31.1 Å². The normalized spacial score (nSPS) is 23.5. The highest BCUT2D eigenvalue weighted by molar-refractivity contribution is 7.93. The summed E-state index contributed by atoms with van der Waals surface area (Å²) in [6, 6.07) is 7.03. The number of amidine groups is 1. The maximum Gasteiger partial charge on any atom is 0.573 e. The molecule has 1 aliphatic heterocycles. The summed E-state index contributed by atoms with van der Waals surface area (Å²) in [6.45, 7) is 4.61. The summed E-state index contributed by atoms with van der Waals surface area (Å²) in [5, 5.41) is 0.265. The number of halogens is 4. The fraction of sp³-hybridized carbons (Fsp3) is 0.389. The summed E-state index contributed by atoms with van der Waals surface area (Å²) >= 11 is 7.52. The topological polar surface area (TPSA) is 81.8 Å². The third-order valence-electron chi connectivity index (χ3n) is 4.76. The predicted molar refractivity (Wildman–Crippen MR) is 108 cm³/mol. The van der Waals surface area contributed by atoms with E-state index >= 15 is 0 Å². The van der Waals surface area contributed by atoms with Gasteiger partial charge in [0, 0.05) is 4.88 Å². The number of hydrogen-bond donors (Lipinski definition) is 1. The molecule has 0 bridgehead atoms. The average Bonchev–Trinajstić information content (AvgIpc) is 2.94. The number of aliphatic imine (C=N–C) groups is 1. The summed E-state index contributed by atoms with van der Waals surface area (Å²) in [7, 11) is -3.62. The summed E-state index contributed by atoms with van der Waals surface area (Å²) in [6.07, 6.45) is -4.81. The molecule has 1 aromatic heterocycles. The molecule has 1 atom stereocenters. The van der Waals surface area contributed by atoms with E-state index in [9.17, 15) is 21.6 Å². The van der Waals surface area contributed by atoms with E-state index in [-0.39, 0.29) is 22.4 Å². The molecule has 11 heteroatoms. The first-order valence-corrected chi connectivity index (χ1v) is 11.2. The second-order valence-corrected chi connectivity index (χ2v) is 11.4. The SMILES string of the molecule is CC1(C)C(N)=N[C@](C)(c2sc(-c3cccc(OC(F)(F)F)c3)cc2Cl)CS1(=O)=O. The molecule has 0 spiro atoms. The van der Waals surface area contributed by atoms with Gasteiger partial charge in [0.15, 0.2) is 9.84 Å². The fourth-order valence-corrected chi connectivity index (χ4v) is 6.38. The van der Waals surface area contributed by atoms with Crippen LogP contribution in [0, 0.1) is 0 Å². The summed E-state index contributed by atoms with van der Waals surface area (Å²) in [5.41, 5.74) is 5.21. The molecular formula is C18H18ClF3N2O3S2. The highest BCUT2D eigenvalue weighted by Gasteiger charge is 2.49. The third-order valence-corrected chi connectivity index (χ3v) is 9.31. The molecule has 1 aliphatic rings. The predicted octanol–water partition coefficient (Wildman–Crippen LogP) is 4.75. The highest BCUT2D eigenvalue weighted by atomic mass is 35.5. The number of alkyl halides is 3. The third kappa shape index (κ3) is 4.10. The van der Waals surface area contributed by atoms with Gasteiger partial charge in [-0.3, -0.25) is 4.99 Å². The van der Waals surface area contributed by atoms with Crippen molar-refractivity contribution in [3.8, 4) is 16.2 Å². The van der Waals surface area contributed by atoms with Gasteiger partial charge in [0.1, 0.15) is 21.9 Å². The molecule has 2 aromatic rings. The first-order valence-electron chi connectivity index (χ1n) is 8.39. The van der Waals surface area contributed by atoms with Crippen LogP contribution < -0.4 is 10.5 Å². The van der Waals surface area contributed by atoms with E-state index in [1.165, 1.54) is 32.0 Å². The van der Waals surface area contributed by atoms with Gasteiger partial charge in [-0.05, 0) is 44.5 Å². The lowest BCUT2D eigenvalue weighted by atomic mass is 10.0. The number of benzene rings is 1. The standard InChI is InChI=1S/C18H18ClF3N2O3S2/c1-16(2)15(23)24-17(3,9-29(16,25)26)14-12(19)8-13(28-14)10-5-4-6-11(7-10)27-18(20,21)22/h4-8H,9H2,1-3H3,(H2,23,24)/t17-/m0/s1. The van der Waals surface area contributed by atoms with Gasteiger partial charge in [-0.15, -0.1) is 24.5 Å². The quantitative estimate of drug-likeness (QED) is 0.708. The van der Waals surface area contributed by atoms with E-state index in [2.05, 4.69) is 9.73 Å². The molecule has 0 saturated heterocycles. The number of hydrogen-bond acceptors (Lipinski definition) is 6. The maximum absolute atomic E-state index is 12.7. The van der Waals surface area contributed by atoms with Crippen LogP contribution in [0.3, 0.4) is 0 Å². The van der Waals surface area contributed by atoms with Gasteiger partial charge >= 0.3 is 6.36 Å². The number of sulfone groups is 1. The van der Waals surface area contributed by atoms with Crippen molar-refractivity contribution in [1.29, 1.82) is 0 Å². The molecule has 0 radical (unpaired) electrons. The minimum Gasteiger partial charge on any atom is -0.406 e. The fourth-order valence-electron chi connectivity index (χ4n) is 2.98. The van der Waals surface area contributed by atoms with Crippen molar-refractivity contribution in [2.75, 3.05) is 5.75 Å². The summed E-state index contributed by atoms with van der Waals surface area (Å²) in [4.78, 5) is 5.46. The van der Waals surface area contributed by atoms with Gasteiger partial charge in [-0.1, -0.05) is 23.7 Å².